The fourth-order valence-corrected chi connectivity index (χ4v) is 2.97. The van der Waals surface area contributed by atoms with E-state index in [1.165, 1.54) is 10.9 Å². The van der Waals surface area contributed by atoms with Crippen LogP contribution >= 0.6 is 0 Å². The molecule has 28 heavy (non-hydrogen) atoms. The monoisotopic (exact) mass is 372 g/mol. The van der Waals surface area contributed by atoms with Crippen molar-refractivity contribution in [2.75, 3.05) is 11.9 Å². The summed E-state index contributed by atoms with van der Waals surface area (Å²) in [6.07, 6.45) is 12.7. The molecule has 0 radical (unpaired) electrons. The Labute approximate surface area is 165 Å². The average molecular weight is 372 g/mol. The van der Waals surface area contributed by atoms with Gasteiger partial charge >= 0.3 is 0 Å². The molecule has 6 nitrogen and oxygen atoms in total. The fourth-order valence-electron chi connectivity index (χ4n) is 2.97. The normalized spacial score (nSPS) is 11.2. The van der Waals surface area contributed by atoms with Crippen molar-refractivity contribution in [3.8, 4) is 6.19 Å². The SMILES string of the molecule is N#CNC(=NCCCCCCc1cnc2ccccc2c1)Nc1ccncc1. The van der Waals surface area contributed by atoms with Crippen LogP contribution in [0.1, 0.15) is 31.2 Å². The van der Waals surface area contributed by atoms with Crippen molar-refractivity contribution >= 4 is 22.5 Å². The summed E-state index contributed by atoms with van der Waals surface area (Å²) < 4.78 is 0. The minimum absolute atomic E-state index is 0.468. The van der Waals surface area contributed by atoms with E-state index in [9.17, 15) is 0 Å². The number of rotatable bonds is 8. The maximum absolute atomic E-state index is 8.86. The highest BCUT2D eigenvalue weighted by atomic mass is 15.2. The van der Waals surface area contributed by atoms with Gasteiger partial charge in [-0.1, -0.05) is 31.0 Å². The van der Waals surface area contributed by atoms with Gasteiger partial charge in [-0.2, -0.15) is 5.26 Å². The van der Waals surface area contributed by atoms with E-state index >= 15 is 0 Å². The van der Waals surface area contributed by atoms with Crippen molar-refractivity contribution in [1.82, 2.24) is 15.3 Å². The maximum atomic E-state index is 8.86. The Morgan fingerprint density at radius 1 is 1.04 bits per heavy atom. The van der Waals surface area contributed by atoms with E-state index in [2.05, 4.69) is 37.7 Å². The Bertz CT molecular complexity index is 946. The van der Waals surface area contributed by atoms with Crippen LogP contribution in [0.4, 0.5) is 5.69 Å². The van der Waals surface area contributed by atoms with Crippen LogP contribution in [0.5, 0.6) is 0 Å². The number of para-hydroxylation sites is 1. The summed E-state index contributed by atoms with van der Waals surface area (Å²) in [4.78, 5) is 12.9. The zero-order valence-electron chi connectivity index (χ0n) is 15.8. The lowest BCUT2D eigenvalue weighted by atomic mass is 10.1. The standard InChI is InChI=1S/C22H24N6/c23-17-27-22(28-20-10-13-24-14-11-20)25-12-6-2-1-3-7-18-15-19-8-4-5-9-21(19)26-16-18/h4-5,8-11,13-16H,1-3,6-7,12H2,(H2,24,25,27,28). The topological polar surface area (TPSA) is 86.0 Å². The van der Waals surface area contributed by atoms with Crippen LogP contribution < -0.4 is 10.6 Å². The van der Waals surface area contributed by atoms with E-state index in [-0.39, 0.29) is 0 Å². The van der Waals surface area contributed by atoms with Gasteiger partial charge in [0.15, 0.2) is 6.19 Å². The number of nitrogens with zero attached hydrogens (tertiary/aromatic N) is 4. The summed E-state index contributed by atoms with van der Waals surface area (Å²) in [5.41, 5.74) is 3.19. The lowest BCUT2D eigenvalue weighted by Gasteiger charge is -2.07. The highest BCUT2D eigenvalue weighted by Crippen LogP contribution is 2.15. The van der Waals surface area contributed by atoms with Crippen LogP contribution in [0.3, 0.4) is 0 Å². The maximum Gasteiger partial charge on any atom is 0.209 e. The van der Waals surface area contributed by atoms with Crippen LogP contribution in [-0.4, -0.2) is 22.5 Å². The quantitative estimate of drug-likeness (QED) is 0.203. The summed E-state index contributed by atoms with van der Waals surface area (Å²) in [6, 6.07) is 14.1. The van der Waals surface area contributed by atoms with Gasteiger partial charge in [0, 0.05) is 36.2 Å². The first-order chi connectivity index (χ1) is 13.8. The highest BCUT2D eigenvalue weighted by Gasteiger charge is 2.00. The molecule has 0 fully saturated rings. The van der Waals surface area contributed by atoms with Gasteiger partial charge in [-0.05, 0) is 49.1 Å². The van der Waals surface area contributed by atoms with Crippen molar-refractivity contribution < 1.29 is 0 Å². The van der Waals surface area contributed by atoms with Crippen LogP contribution in [0, 0.1) is 11.5 Å². The number of pyridine rings is 2. The third kappa shape index (κ3) is 6.06. The van der Waals surface area contributed by atoms with Crippen LogP contribution in [0.25, 0.3) is 10.9 Å². The number of hydrogen-bond acceptors (Lipinski definition) is 4. The molecule has 3 aromatic rings. The van der Waals surface area contributed by atoms with E-state index in [0.29, 0.717) is 12.5 Å². The number of fused-ring (bicyclic) bond motifs is 1. The second-order valence-corrected chi connectivity index (χ2v) is 6.53. The van der Waals surface area contributed by atoms with Crippen molar-refractivity contribution in [3.05, 3.63) is 66.6 Å². The number of unbranched alkanes of at least 4 members (excludes halogenated alkanes) is 3. The van der Waals surface area contributed by atoms with Crippen molar-refractivity contribution in [2.24, 2.45) is 4.99 Å². The molecule has 2 heterocycles. The zero-order chi connectivity index (χ0) is 19.4. The van der Waals surface area contributed by atoms with E-state index in [4.69, 9.17) is 5.26 Å². The number of aromatic nitrogens is 2. The smallest absolute Gasteiger partial charge is 0.209 e. The van der Waals surface area contributed by atoms with Gasteiger partial charge < -0.3 is 5.32 Å². The van der Waals surface area contributed by atoms with Crippen LogP contribution in [-0.2, 0) is 6.42 Å². The van der Waals surface area contributed by atoms with Gasteiger partial charge in [0.2, 0.25) is 5.96 Å². The van der Waals surface area contributed by atoms with Gasteiger partial charge in [0.1, 0.15) is 0 Å². The minimum Gasteiger partial charge on any atom is -0.325 e. The third-order valence-corrected chi connectivity index (χ3v) is 4.41. The van der Waals surface area contributed by atoms with Gasteiger partial charge in [-0.3, -0.25) is 20.3 Å². The first-order valence-corrected chi connectivity index (χ1v) is 9.55. The van der Waals surface area contributed by atoms with E-state index < -0.39 is 0 Å². The van der Waals surface area contributed by atoms with Gasteiger partial charge in [-0.25, -0.2) is 0 Å². The number of nitrogens with one attached hydrogen (secondary N) is 2. The van der Waals surface area contributed by atoms with Gasteiger partial charge in [0.05, 0.1) is 5.52 Å². The van der Waals surface area contributed by atoms with Crippen molar-refractivity contribution in [3.63, 3.8) is 0 Å². The zero-order valence-corrected chi connectivity index (χ0v) is 15.8. The van der Waals surface area contributed by atoms with E-state index in [0.717, 1.165) is 43.3 Å². The van der Waals surface area contributed by atoms with Gasteiger partial charge in [-0.15, -0.1) is 0 Å². The number of anilines is 1. The number of aryl methyl sites for hydroxylation is 1. The lowest BCUT2D eigenvalue weighted by molar-refractivity contribution is 0.646. The molecule has 0 saturated heterocycles. The summed E-state index contributed by atoms with van der Waals surface area (Å²) in [5.74, 6) is 0.468. The highest BCUT2D eigenvalue weighted by molar-refractivity contribution is 5.94. The number of aliphatic imine (C=N–C) groups is 1. The third-order valence-electron chi connectivity index (χ3n) is 4.41. The molecule has 3 rings (SSSR count). The molecule has 0 atom stereocenters. The molecule has 0 bridgehead atoms. The first kappa shape index (κ1) is 19.3. The number of benzene rings is 1. The summed E-state index contributed by atoms with van der Waals surface area (Å²) in [5, 5.41) is 15.7. The van der Waals surface area contributed by atoms with Crippen LogP contribution in [0.15, 0.2) is 66.0 Å². The summed E-state index contributed by atoms with van der Waals surface area (Å²) in [7, 11) is 0. The Balaban J connectivity index is 1.37. The molecule has 0 aliphatic carbocycles. The van der Waals surface area contributed by atoms with Crippen molar-refractivity contribution in [1.29, 1.82) is 5.26 Å². The predicted molar refractivity (Wildman–Crippen MR) is 113 cm³/mol. The molecular weight excluding hydrogens is 348 g/mol. The first-order valence-electron chi connectivity index (χ1n) is 9.55. The molecule has 0 unspecified atom stereocenters. The molecule has 0 saturated carbocycles. The fraction of sp³-hybridized carbons (Fsp3) is 0.273. The molecule has 142 valence electrons. The Morgan fingerprint density at radius 3 is 2.71 bits per heavy atom. The Kier molecular flexibility index (Phi) is 7.33. The second-order valence-electron chi connectivity index (χ2n) is 6.53. The lowest BCUT2D eigenvalue weighted by Crippen LogP contribution is -2.27. The summed E-state index contributed by atoms with van der Waals surface area (Å²) in [6.45, 7) is 0.680. The van der Waals surface area contributed by atoms with Gasteiger partial charge in [0.25, 0.3) is 0 Å². The van der Waals surface area contributed by atoms with E-state index in [1.807, 2.05) is 42.7 Å². The predicted octanol–water partition coefficient (Wildman–Crippen LogP) is 4.27. The van der Waals surface area contributed by atoms with Crippen LogP contribution in [0.2, 0.25) is 0 Å². The van der Waals surface area contributed by atoms with E-state index in [1.54, 1.807) is 12.4 Å². The number of nitriles is 1. The molecule has 1 aromatic carbocycles. The summed E-state index contributed by atoms with van der Waals surface area (Å²) >= 11 is 0. The molecule has 6 heteroatoms. The molecule has 2 N–H and O–H groups in total. The minimum atomic E-state index is 0.468. The van der Waals surface area contributed by atoms with Crippen molar-refractivity contribution in [2.45, 2.75) is 32.1 Å². The number of guanidine groups is 1. The Hall–Kier alpha value is -3.46. The molecule has 0 aliphatic rings. The largest absolute Gasteiger partial charge is 0.325 e. The second kappa shape index (κ2) is 10.6. The molecular formula is C22H24N6. The average Bonchev–Trinajstić information content (AvgIpc) is 2.74. The molecule has 0 aliphatic heterocycles. The number of hydrogen-bond donors (Lipinski definition) is 2. The molecule has 0 amide bonds. The Morgan fingerprint density at radius 2 is 1.86 bits per heavy atom. The molecule has 0 spiro atoms. The molecule has 2 aromatic heterocycles.